The van der Waals surface area contributed by atoms with Crippen molar-refractivity contribution < 1.29 is 4.42 Å². The molecule has 57 heavy (non-hydrogen) atoms. The van der Waals surface area contributed by atoms with Crippen molar-refractivity contribution in [3.05, 3.63) is 200 Å². The summed E-state index contributed by atoms with van der Waals surface area (Å²) in [5.41, 5.74) is 11.4. The van der Waals surface area contributed by atoms with Gasteiger partial charge < -0.3 is 4.42 Å². The molecule has 9 aromatic carbocycles. The number of nitrogens with zero attached hydrogens (tertiary/aromatic N) is 3. The van der Waals surface area contributed by atoms with Crippen LogP contribution in [0.1, 0.15) is 0 Å². The van der Waals surface area contributed by atoms with E-state index in [1.165, 1.54) is 11.1 Å². The summed E-state index contributed by atoms with van der Waals surface area (Å²) in [5, 5.41) is 6.63. The second-order valence-corrected chi connectivity index (χ2v) is 14.3. The Morgan fingerprint density at radius 1 is 0.246 bits per heavy atom. The Labute approximate surface area is 329 Å². The highest BCUT2D eigenvalue weighted by Crippen LogP contribution is 2.41. The summed E-state index contributed by atoms with van der Waals surface area (Å²) < 4.78 is 6.17. The molecule has 0 aliphatic carbocycles. The van der Waals surface area contributed by atoms with Crippen LogP contribution >= 0.6 is 0 Å². The van der Waals surface area contributed by atoms with E-state index in [9.17, 15) is 0 Å². The van der Waals surface area contributed by atoms with Gasteiger partial charge in [0.1, 0.15) is 11.2 Å². The van der Waals surface area contributed by atoms with Crippen LogP contribution in [0.4, 0.5) is 0 Å². The third-order valence-corrected chi connectivity index (χ3v) is 11.0. The Kier molecular flexibility index (Phi) is 7.78. The van der Waals surface area contributed by atoms with E-state index in [4.69, 9.17) is 19.4 Å². The Morgan fingerprint density at radius 2 is 0.649 bits per heavy atom. The molecule has 4 heteroatoms. The zero-order valence-corrected chi connectivity index (χ0v) is 30.8. The predicted molar refractivity (Wildman–Crippen MR) is 235 cm³/mol. The molecule has 0 saturated heterocycles. The molecule has 0 fully saturated rings. The van der Waals surface area contributed by atoms with Crippen molar-refractivity contribution in [2.45, 2.75) is 0 Å². The van der Waals surface area contributed by atoms with Crippen molar-refractivity contribution in [3.8, 4) is 67.5 Å². The summed E-state index contributed by atoms with van der Waals surface area (Å²) >= 11 is 0. The van der Waals surface area contributed by atoms with E-state index in [1.54, 1.807) is 0 Å². The van der Waals surface area contributed by atoms with Gasteiger partial charge in [0, 0.05) is 27.5 Å². The fourth-order valence-corrected chi connectivity index (χ4v) is 8.29. The van der Waals surface area contributed by atoms with Gasteiger partial charge in [-0.3, -0.25) is 0 Å². The Balaban J connectivity index is 1.14. The number of rotatable bonds is 6. The van der Waals surface area contributed by atoms with Gasteiger partial charge in [0.15, 0.2) is 17.5 Å². The molecule has 0 N–H and O–H groups in total. The van der Waals surface area contributed by atoms with Crippen LogP contribution in [-0.4, -0.2) is 15.0 Å². The van der Waals surface area contributed by atoms with Crippen LogP contribution in [0.25, 0.3) is 111 Å². The van der Waals surface area contributed by atoms with Crippen LogP contribution in [0.5, 0.6) is 0 Å². The summed E-state index contributed by atoms with van der Waals surface area (Å²) in [6.45, 7) is 0. The van der Waals surface area contributed by atoms with Crippen LogP contribution in [-0.2, 0) is 0 Å². The Bertz CT molecular complexity index is 3300. The summed E-state index contributed by atoms with van der Waals surface area (Å²) in [6, 6.07) is 69.8. The van der Waals surface area contributed by atoms with Gasteiger partial charge in [0.25, 0.3) is 0 Å². The average Bonchev–Trinajstić information content (AvgIpc) is 3.67. The fourth-order valence-electron chi connectivity index (χ4n) is 8.29. The molecule has 0 aliphatic heterocycles. The first-order chi connectivity index (χ1) is 28.3. The molecule has 11 rings (SSSR count). The minimum Gasteiger partial charge on any atom is -0.456 e. The first-order valence-corrected chi connectivity index (χ1v) is 19.2. The number of furan rings is 1. The Morgan fingerprint density at radius 3 is 1.25 bits per heavy atom. The number of para-hydroxylation sites is 1. The quantitative estimate of drug-likeness (QED) is 0.171. The number of aromatic nitrogens is 3. The molecule has 11 aromatic rings. The topological polar surface area (TPSA) is 51.8 Å². The summed E-state index contributed by atoms with van der Waals surface area (Å²) in [5.74, 6) is 1.86. The first-order valence-electron chi connectivity index (χ1n) is 19.2. The van der Waals surface area contributed by atoms with E-state index in [0.29, 0.717) is 17.5 Å². The third-order valence-electron chi connectivity index (χ3n) is 11.0. The maximum absolute atomic E-state index is 6.17. The zero-order valence-electron chi connectivity index (χ0n) is 30.8. The maximum atomic E-state index is 6.17. The highest BCUT2D eigenvalue weighted by Gasteiger charge is 2.20. The summed E-state index contributed by atoms with van der Waals surface area (Å²) in [7, 11) is 0. The standard InChI is InChI=1S/C53H33N3O/c1-3-15-34(16-4-1)37-19-7-12-25-45(37)51-54-52(46-30-28-38(35-17-5-2-6-18-35)40-20-8-10-22-42(40)46)56-53(55-51)47-31-29-39(41-21-9-11-23-43(41)47)36-27-32-50-48(33-36)44-24-13-14-26-49(44)57-50/h1-33H. The average molecular weight is 728 g/mol. The van der Waals surface area contributed by atoms with E-state index in [1.807, 2.05) is 18.2 Å². The van der Waals surface area contributed by atoms with Crippen LogP contribution < -0.4 is 0 Å². The van der Waals surface area contributed by atoms with E-state index >= 15 is 0 Å². The van der Waals surface area contributed by atoms with Gasteiger partial charge >= 0.3 is 0 Å². The van der Waals surface area contributed by atoms with Gasteiger partial charge in [-0.15, -0.1) is 0 Å². The van der Waals surface area contributed by atoms with Crippen LogP contribution in [0.3, 0.4) is 0 Å². The number of fused-ring (bicyclic) bond motifs is 5. The second-order valence-electron chi connectivity index (χ2n) is 14.3. The van der Waals surface area contributed by atoms with Gasteiger partial charge in [-0.2, -0.15) is 0 Å². The van der Waals surface area contributed by atoms with Crippen molar-refractivity contribution in [1.29, 1.82) is 0 Å². The van der Waals surface area contributed by atoms with Crippen molar-refractivity contribution >= 4 is 43.5 Å². The minimum absolute atomic E-state index is 0.619. The Hall–Kier alpha value is -7.69. The minimum atomic E-state index is 0.619. The number of benzene rings is 9. The lowest BCUT2D eigenvalue weighted by molar-refractivity contribution is 0.669. The van der Waals surface area contributed by atoms with Gasteiger partial charge in [0.05, 0.1) is 0 Å². The highest BCUT2D eigenvalue weighted by molar-refractivity contribution is 6.10. The molecule has 0 saturated carbocycles. The van der Waals surface area contributed by atoms with Crippen LogP contribution in [0, 0.1) is 0 Å². The van der Waals surface area contributed by atoms with Gasteiger partial charge in [0.2, 0.25) is 0 Å². The summed E-state index contributed by atoms with van der Waals surface area (Å²) in [4.78, 5) is 16.0. The fraction of sp³-hybridized carbons (Fsp3) is 0. The lowest BCUT2D eigenvalue weighted by atomic mass is 9.93. The molecule has 0 radical (unpaired) electrons. The zero-order chi connectivity index (χ0) is 37.7. The number of hydrogen-bond acceptors (Lipinski definition) is 4. The molecular formula is C53H33N3O. The van der Waals surface area contributed by atoms with E-state index in [0.717, 1.165) is 82.4 Å². The third kappa shape index (κ3) is 5.66. The van der Waals surface area contributed by atoms with Crippen molar-refractivity contribution in [2.75, 3.05) is 0 Å². The van der Waals surface area contributed by atoms with Crippen molar-refractivity contribution in [2.24, 2.45) is 0 Å². The van der Waals surface area contributed by atoms with Crippen molar-refractivity contribution in [1.82, 2.24) is 15.0 Å². The SMILES string of the molecule is c1ccc(-c2ccccc2-c2nc(-c3ccc(-c4ccccc4)c4ccccc34)nc(-c3ccc(-c4ccc5oc6ccccc6c5c4)c4ccccc34)n2)cc1. The van der Waals surface area contributed by atoms with Gasteiger partial charge in [-0.05, 0) is 85.3 Å². The molecule has 0 spiro atoms. The molecule has 266 valence electrons. The van der Waals surface area contributed by atoms with Gasteiger partial charge in [-0.25, -0.2) is 15.0 Å². The second kappa shape index (κ2) is 13.6. The largest absolute Gasteiger partial charge is 0.456 e. The van der Waals surface area contributed by atoms with Crippen molar-refractivity contribution in [3.63, 3.8) is 0 Å². The monoisotopic (exact) mass is 727 g/mol. The molecule has 0 bridgehead atoms. The van der Waals surface area contributed by atoms with Gasteiger partial charge in [-0.1, -0.05) is 170 Å². The number of hydrogen-bond donors (Lipinski definition) is 0. The molecule has 0 atom stereocenters. The molecule has 0 unspecified atom stereocenters. The molecule has 0 aliphatic rings. The molecular weight excluding hydrogens is 695 g/mol. The van der Waals surface area contributed by atoms with E-state index < -0.39 is 0 Å². The first kappa shape index (κ1) is 32.7. The van der Waals surface area contributed by atoms with Crippen LogP contribution in [0.15, 0.2) is 205 Å². The smallest absolute Gasteiger partial charge is 0.164 e. The molecule has 2 heterocycles. The molecule has 0 amide bonds. The maximum Gasteiger partial charge on any atom is 0.164 e. The molecule has 2 aromatic heterocycles. The normalized spacial score (nSPS) is 11.5. The lowest BCUT2D eigenvalue weighted by Gasteiger charge is -2.16. The molecule has 4 nitrogen and oxygen atoms in total. The predicted octanol–water partition coefficient (Wildman–Crippen LogP) is 14.1. The van der Waals surface area contributed by atoms with Crippen LogP contribution in [0.2, 0.25) is 0 Å². The highest BCUT2D eigenvalue weighted by atomic mass is 16.3. The van der Waals surface area contributed by atoms with E-state index in [2.05, 4.69) is 182 Å². The van der Waals surface area contributed by atoms with E-state index in [-0.39, 0.29) is 0 Å². The lowest BCUT2D eigenvalue weighted by Crippen LogP contribution is -2.02. The summed E-state index contributed by atoms with van der Waals surface area (Å²) in [6.07, 6.45) is 0.